The maximum Gasteiger partial charge on any atom is 0.143 e. The molecule has 0 aromatic heterocycles. The Morgan fingerprint density at radius 2 is 1.52 bits per heavy atom. The molecule has 23 heavy (non-hydrogen) atoms. The van der Waals surface area contributed by atoms with Crippen molar-refractivity contribution in [3.8, 4) is 5.75 Å². The molecule has 0 bridgehead atoms. The molecule has 1 aromatic rings. The number of hydrogen-bond acceptors (Lipinski definition) is 5. The largest absolute Gasteiger partial charge is 0.492 e. The summed E-state index contributed by atoms with van der Waals surface area (Å²) in [6.45, 7) is 13.3. The quantitative estimate of drug-likeness (QED) is 0.848. The lowest BCUT2D eigenvalue weighted by Crippen LogP contribution is -2.44. The molecule has 0 saturated heterocycles. The molecule has 2 heterocycles. The number of ether oxygens (including phenoxy) is 1. The Bertz CT molecular complexity index is 546. The lowest BCUT2D eigenvalue weighted by Gasteiger charge is -2.43. The van der Waals surface area contributed by atoms with Crippen molar-refractivity contribution in [1.82, 2.24) is 9.80 Å². The van der Waals surface area contributed by atoms with Crippen molar-refractivity contribution in [2.75, 3.05) is 56.9 Å². The predicted molar refractivity (Wildman–Crippen MR) is 96.3 cm³/mol. The Morgan fingerprint density at radius 3 is 2.13 bits per heavy atom. The Balaban J connectivity index is 2.20. The van der Waals surface area contributed by atoms with Crippen molar-refractivity contribution >= 4 is 11.4 Å². The van der Waals surface area contributed by atoms with E-state index >= 15 is 0 Å². The van der Waals surface area contributed by atoms with Crippen LogP contribution in [0, 0.1) is 0 Å². The van der Waals surface area contributed by atoms with Crippen molar-refractivity contribution in [1.29, 1.82) is 0 Å². The third kappa shape index (κ3) is 2.88. The van der Waals surface area contributed by atoms with E-state index in [-0.39, 0.29) is 0 Å². The fourth-order valence-electron chi connectivity index (χ4n) is 3.93. The summed E-state index contributed by atoms with van der Waals surface area (Å²) in [5.74, 6) is 1.06. The Kier molecular flexibility index (Phi) is 4.69. The molecule has 5 heteroatoms. The first-order valence-corrected chi connectivity index (χ1v) is 8.77. The molecule has 0 amide bonds. The van der Waals surface area contributed by atoms with Crippen LogP contribution in [0.3, 0.4) is 0 Å². The lowest BCUT2D eigenvalue weighted by atomic mass is 9.97. The number of fused-ring (bicyclic) bond motifs is 3. The van der Waals surface area contributed by atoms with Gasteiger partial charge in [0.1, 0.15) is 5.75 Å². The van der Waals surface area contributed by atoms with Gasteiger partial charge in [0.15, 0.2) is 0 Å². The van der Waals surface area contributed by atoms with Gasteiger partial charge in [0.2, 0.25) is 0 Å². The van der Waals surface area contributed by atoms with Crippen LogP contribution in [0.15, 0.2) is 6.07 Å². The molecule has 2 aliphatic rings. The van der Waals surface area contributed by atoms with E-state index in [9.17, 15) is 0 Å². The predicted octanol–water partition coefficient (Wildman–Crippen LogP) is 2.54. The second-order valence-corrected chi connectivity index (χ2v) is 6.67. The zero-order chi connectivity index (χ0) is 16.6. The molecule has 1 aromatic carbocycles. The second-order valence-electron chi connectivity index (χ2n) is 6.67. The maximum absolute atomic E-state index is 6.04. The molecule has 0 radical (unpaired) electrons. The smallest absolute Gasteiger partial charge is 0.143 e. The zero-order valence-electron chi connectivity index (χ0n) is 15.2. The minimum atomic E-state index is 0.714. The summed E-state index contributed by atoms with van der Waals surface area (Å²) in [6.07, 6.45) is 0. The highest BCUT2D eigenvalue weighted by molar-refractivity contribution is 5.78. The monoisotopic (exact) mass is 318 g/mol. The van der Waals surface area contributed by atoms with Crippen LogP contribution in [-0.4, -0.2) is 56.9 Å². The number of rotatable bonds is 4. The van der Waals surface area contributed by atoms with Crippen LogP contribution in [0.4, 0.5) is 11.4 Å². The van der Waals surface area contributed by atoms with Crippen LogP contribution in [0.2, 0.25) is 0 Å². The maximum atomic E-state index is 6.04. The minimum absolute atomic E-state index is 0.714. The molecule has 3 rings (SSSR count). The Labute approximate surface area is 140 Å². The summed E-state index contributed by atoms with van der Waals surface area (Å²) in [5.41, 5.74) is 5.59. The summed E-state index contributed by atoms with van der Waals surface area (Å²) in [5, 5.41) is 0. The van der Waals surface area contributed by atoms with Crippen molar-refractivity contribution < 1.29 is 4.74 Å². The van der Waals surface area contributed by atoms with Gasteiger partial charge in [-0.05, 0) is 46.5 Å². The average Bonchev–Trinajstić information content (AvgIpc) is 2.52. The SMILES string of the molecule is CCOc1cc2c(c3c1N(CC)CN(C)C3)N(CC)CN(C)C2. The Morgan fingerprint density at radius 1 is 0.913 bits per heavy atom. The summed E-state index contributed by atoms with van der Waals surface area (Å²) >= 11 is 0. The van der Waals surface area contributed by atoms with Crippen LogP contribution >= 0.6 is 0 Å². The molecule has 2 aliphatic heterocycles. The van der Waals surface area contributed by atoms with Gasteiger partial charge in [-0.2, -0.15) is 0 Å². The summed E-state index contributed by atoms with van der Waals surface area (Å²) < 4.78 is 6.04. The van der Waals surface area contributed by atoms with E-state index in [0.717, 1.165) is 45.3 Å². The molecule has 0 unspecified atom stereocenters. The second kappa shape index (κ2) is 6.57. The normalized spacial score (nSPS) is 18.8. The third-order valence-corrected chi connectivity index (χ3v) is 4.80. The standard InChI is InChI=1S/C18H30N4O/c1-6-21-12-19(4)10-14-9-16(23-8-3)18-15(17(14)21)11-20(5)13-22(18)7-2/h9H,6-8,10-13H2,1-5H3. The topological polar surface area (TPSA) is 22.2 Å². The van der Waals surface area contributed by atoms with E-state index in [0.29, 0.717) is 6.61 Å². The van der Waals surface area contributed by atoms with Crippen LogP contribution in [0.25, 0.3) is 0 Å². The molecule has 0 aliphatic carbocycles. The van der Waals surface area contributed by atoms with Crippen LogP contribution < -0.4 is 14.5 Å². The van der Waals surface area contributed by atoms with Gasteiger partial charge < -0.3 is 14.5 Å². The highest BCUT2D eigenvalue weighted by Gasteiger charge is 2.32. The molecule has 0 saturated carbocycles. The minimum Gasteiger partial charge on any atom is -0.492 e. The Hall–Kier alpha value is -1.46. The van der Waals surface area contributed by atoms with E-state index in [4.69, 9.17) is 4.74 Å². The van der Waals surface area contributed by atoms with Gasteiger partial charge in [-0.15, -0.1) is 0 Å². The molecule has 128 valence electrons. The van der Waals surface area contributed by atoms with Gasteiger partial charge in [-0.3, -0.25) is 9.80 Å². The first-order valence-electron chi connectivity index (χ1n) is 8.77. The molecular formula is C18H30N4O. The molecule has 5 nitrogen and oxygen atoms in total. The third-order valence-electron chi connectivity index (χ3n) is 4.80. The van der Waals surface area contributed by atoms with Crippen LogP contribution in [0.5, 0.6) is 5.75 Å². The average molecular weight is 318 g/mol. The van der Waals surface area contributed by atoms with Crippen molar-refractivity contribution in [2.45, 2.75) is 33.9 Å². The van der Waals surface area contributed by atoms with E-state index in [1.54, 1.807) is 0 Å². The molecule has 0 atom stereocenters. The number of hydrogen-bond donors (Lipinski definition) is 0. The highest BCUT2D eigenvalue weighted by atomic mass is 16.5. The van der Waals surface area contributed by atoms with Gasteiger partial charge in [-0.1, -0.05) is 0 Å². The van der Waals surface area contributed by atoms with Gasteiger partial charge >= 0.3 is 0 Å². The summed E-state index contributed by atoms with van der Waals surface area (Å²) in [7, 11) is 4.40. The zero-order valence-corrected chi connectivity index (χ0v) is 15.2. The van der Waals surface area contributed by atoms with E-state index in [2.05, 4.69) is 60.5 Å². The number of anilines is 2. The fourth-order valence-corrected chi connectivity index (χ4v) is 3.93. The van der Waals surface area contributed by atoms with Crippen LogP contribution in [-0.2, 0) is 13.1 Å². The van der Waals surface area contributed by atoms with Gasteiger partial charge in [0.25, 0.3) is 0 Å². The number of nitrogens with zero attached hydrogens (tertiary/aromatic N) is 4. The number of benzene rings is 1. The van der Waals surface area contributed by atoms with Crippen molar-refractivity contribution in [3.63, 3.8) is 0 Å². The molecule has 0 N–H and O–H groups in total. The van der Waals surface area contributed by atoms with E-state index in [1.807, 2.05) is 0 Å². The summed E-state index contributed by atoms with van der Waals surface area (Å²) in [6, 6.07) is 2.28. The van der Waals surface area contributed by atoms with Crippen molar-refractivity contribution in [3.05, 3.63) is 17.2 Å². The fraction of sp³-hybridized carbons (Fsp3) is 0.667. The van der Waals surface area contributed by atoms with Gasteiger partial charge in [0.05, 0.1) is 25.6 Å². The first kappa shape index (κ1) is 16.4. The van der Waals surface area contributed by atoms with E-state index < -0.39 is 0 Å². The molecular weight excluding hydrogens is 288 g/mol. The van der Waals surface area contributed by atoms with Crippen LogP contribution in [0.1, 0.15) is 31.9 Å². The lowest BCUT2D eigenvalue weighted by molar-refractivity contribution is 0.287. The van der Waals surface area contributed by atoms with E-state index in [1.165, 1.54) is 22.5 Å². The van der Waals surface area contributed by atoms with Gasteiger partial charge in [-0.25, -0.2) is 0 Å². The summed E-state index contributed by atoms with van der Waals surface area (Å²) in [4.78, 5) is 9.71. The molecule has 0 fully saturated rings. The van der Waals surface area contributed by atoms with Crippen molar-refractivity contribution in [2.24, 2.45) is 0 Å². The first-order chi connectivity index (χ1) is 11.1. The highest BCUT2D eigenvalue weighted by Crippen LogP contribution is 2.45. The molecule has 0 spiro atoms. The van der Waals surface area contributed by atoms with Gasteiger partial charge in [0, 0.05) is 37.4 Å².